The maximum Gasteiger partial charge on any atom is 0.140 e. The fraction of sp³-hybridized carbons (Fsp3) is 0.188. The summed E-state index contributed by atoms with van der Waals surface area (Å²) in [6.45, 7) is 2.45. The Labute approximate surface area is 122 Å². The molecular weight excluding hydrogens is 268 g/mol. The molecule has 102 valence electrons. The topological polar surface area (TPSA) is 48.1 Å². The summed E-state index contributed by atoms with van der Waals surface area (Å²) in [5.41, 5.74) is 7.98. The first-order chi connectivity index (χ1) is 9.72. The van der Waals surface area contributed by atoms with Crippen LogP contribution in [-0.4, -0.2) is 4.98 Å². The van der Waals surface area contributed by atoms with Crippen LogP contribution in [0.2, 0.25) is 0 Å². The number of nitrogens with two attached hydrogens (primary N) is 1. The zero-order chi connectivity index (χ0) is 13.9. The molecule has 0 saturated carbocycles. The van der Waals surface area contributed by atoms with Crippen LogP contribution in [0, 0.1) is 0 Å². The number of aromatic nitrogens is 1. The third-order valence-electron chi connectivity index (χ3n) is 3.08. The zero-order valence-corrected chi connectivity index (χ0v) is 12.1. The molecule has 0 saturated heterocycles. The van der Waals surface area contributed by atoms with Crippen LogP contribution in [0.5, 0.6) is 5.75 Å². The van der Waals surface area contributed by atoms with Crippen LogP contribution in [0.1, 0.15) is 23.5 Å². The third-order valence-corrected chi connectivity index (χ3v) is 4.09. The Balaban J connectivity index is 1.74. The van der Waals surface area contributed by atoms with Crippen molar-refractivity contribution in [3.8, 4) is 5.75 Å². The summed E-state index contributed by atoms with van der Waals surface area (Å²) in [5.74, 6) is 0.832. The van der Waals surface area contributed by atoms with Gasteiger partial charge in [0.15, 0.2) is 0 Å². The van der Waals surface area contributed by atoms with Crippen molar-refractivity contribution < 1.29 is 4.74 Å². The minimum atomic E-state index is 0.0148. The van der Waals surface area contributed by atoms with Gasteiger partial charge in [-0.2, -0.15) is 0 Å². The van der Waals surface area contributed by atoms with E-state index < -0.39 is 0 Å². The van der Waals surface area contributed by atoms with Crippen molar-refractivity contribution >= 4 is 21.6 Å². The summed E-state index contributed by atoms with van der Waals surface area (Å²) in [5, 5.41) is 0.984. The van der Waals surface area contributed by atoms with E-state index in [9.17, 15) is 0 Å². The standard InChI is InChI=1S/C16H16N2OS/c1-11(17)12-5-4-6-13(9-12)19-10-16-18-14-7-2-3-8-15(14)20-16/h2-9,11H,10,17H2,1H3. The number of thiazole rings is 1. The number of nitrogens with zero attached hydrogens (tertiary/aromatic N) is 1. The Morgan fingerprint density at radius 3 is 2.85 bits per heavy atom. The number of ether oxygens (including phenoxy) is 1. The van der Waals surface area contributed by atoms with Gasteiger partial charge in [0.25, 0.3) is 0 Å². The van der Waals surface area contributed by atoms with Crippen LogP contribution in [0.4, 0.5) is 0 Å². The van der Waals surface area contributed by atoms with Gasteiger partial charge in [0.1, 0.15) is 17.4 Å². The van der Waals surface area contributed by atoms with E-state index in [0.717, 1.165) is 21.8 Å². The molecule has 0 aliphatic carbocycles. The normalized spacial score (nSPS) is 12.5. The van der Waals surface area contributed by atoms with Crippen LogP contribution in [0.15, 0.2) is 48.5 Å². The van der Waals surface area contributed by atoms with Gasteiger partial charge >= 0.3 is 0 Å². The van der Waals surface area contributed by atoms with Gasteiger partial charge in [0.05, 0.1) is 10.2 Å². The van der Waals surface area contributed by atoms with Gasteiger partial charge in [-0.25, -0.2) is 4.98 Å². The molecule has 0 radical (unpaired) electrons. The molecule has 0 fully saturated rings. The van der Waals surface area contributed by atoms with E-state index in [-0.39, 0.29) is 6.04 Å². The molecule has 1 unspecified atom stereocenters. The van der Waals surface area contributed by atoms with E-state index in [4.69, 9.17) is 10.5 Å². The number of rotatable bonds is 4. The lowest BCUT2D eigenvalue weighted by molar-refractivity contribution is 0.305. The van der Waals surface area contributed by atoms with Crippen LogP contribution < -0.4 is 10.5 Å². The Morgan fingerprint density at radius 1 is 1.20 bits per heavy atom. The lowest BCUT2D eigenvalue weighted by Gasteiger charge is -2.08. The number of hydrogen-bond donors (Lipinski definition) is 1. The summed E-state index contributed by atoms with van der Waals surface area (Å²) < 4.78 is 7.00. The zero-order valence-electron chi connectivity index (χ0n) is 11.2. The highest BCUT2D eigenvalue weighted by molar-refractivity contribution is 7.18. The van der Waals surface area contributed by atoms with Crippen molar-refractivity contribution in [3.05, 3.63) is 59.1 Å². The summed E-state index contributed by atoms with van der Waals surface area (Å²) in [7, 11) is 0. The minimum Gasteiger partial charge on any atom is -0.486 e. The predicted molar refractivity (Wildman–Crippen MR) is 83.0 cm³/mol. The Hall–Kier alpha value is -1.91. The largest absolute Gasteiger partial charge is 0.486 e. The highest BCUT2D eigenvalue weighted by Gasteiger charge is 2.05. The summed E-state index contributed by atoms with van der Waals surface area (Å²) in [6, 6.07) is 16.0. The molecule has 4 heteroatoms. The van der Waals surface area contributed by atoms with Crippen LogP contribution in [-0.2, 0) is 6.61 Å². The maximum atomic E-state index is 5.88. The smallest absolute Gasteiger partial charge is 0.140 e. The van der Waals surface area contributed by atoms with E-state index in [1.54, 1.807) is 11.3 Å². The monoisotopic (exact) mass is 284 g/mol. The van der Waals surface area contributed by atoms with Gasteiger partial charge in [0.2, 0.25) is 0 Å². The quantitative estimate of drug-likeness (QED) is 0.790. The predicted octanol–water partition coefficient (Wildman–Crippen LogP) is 3.90. The number of hydrogen-bond acceptors (Lipinski definition) is 4. The fourth-order valence-electron chi connectivity index (χ4n) is 2.01. The average Bonchev–Trinajstić information content (AvgIpc) is 2.88. The molecule has 1 heterocycles. The van der Waals surface area contributed by atoms with E-state index in [1.807, 2.05) is 49.4 Å². The second kappa shape index (κ2) is 5.61. The van der Waals surface area contributed by atoms with Crippen molar-refractivity contribution in [2.45, 2.75) is 19.6 Å². The van der Waals surface area contributed by atoms with Crippen molar-refractivity contribution in [2.24, 2.45) is 5.73 Å². The number of benzene rings is 2. The summed E-state index contributed by atoms with van der Waals surface area (Å²) in [4.78, 5) is 4.55. The van der Waals surface area contributed by atoms with Gasteiger partial charge in [0, 0.05) is 6.04 Å². The summed E-state index contributed by atoms with van der Waals surface area (Å²) >= 11 is 1.67. The van der Waals surface area contributed by atoms with Gasteiger partial charge in [-0.05, 0) is 36.8 Å². The van der Waals surface area contributed by atoms with E-state index >= 15 is 0 Å². The number of para-hydroxylation sites is 1. The molecule has 0 bridgehead atoms. The molecule has 1 aromatic heterocycles. The molecular formula is C16H16N2OS. The third kappa shape index (κ3) is 2.81. The molecule has 2 aromatic carbocycles. The van der Waals surface area contributed by atoms with Crippen LogP contribution >= 0.6 is 11.3 Å². The first-order valence-electron chi connectivity index (χ1n) is 6.55. The van der Waals surface area contributed by atoms with Gasteiger partial charge < -0.3 is 10.5 Å². The molecule has 3 aromatic rings. The second-order valence-electron chi connectivity index (χ2n) is 4.73. The van der Waals surface area contributed by atoms with Crippen LogP contribution in [0.3, 0.4) is 0 Å². The van der Waals surface area contributed by atoms with Crippen LogP contribution in [0.25, 0.3) is 10.2 Å². The molecule has 2 N–H and O–H groups in total. The van der Waals surface area contributed by atoms with Crippen molar-refractivity contribution in [3.63, 3.8) is 0 Å². The number of fused-ring (bicyclic) bond motifs is 1. The molecule has 0 aliphatic heterocycles. The second-order valence-corrected chi connectivity index (χ2v) is 5.84. The molecule has 0 aliphatic rings. The van der Waals surface area contributed by atoms with E-state index in [1.165, 1.54) is 4.70 Å². The van der Waals surface area contributed by atoms with E-state index in [2.05, 4.69) is 11.1 Å². The highest BCUT2D eigenvalue weighted by atomic mass is 32.1. The minimum absolute atomic E-state index is 0.0148. The SMILES string of the molecule is CC(N)c1cccc(OCc2nc3ccccc3s2)c1. The van der Waals surface area contributed by atoms with Gasteiger partial charge in [-0.1, -0.05) is 24.3 Å². The first kappa shape index (κ1) is 13.1. The Morgan fingerprint density at radius 2 is 2.05 bits per heavy atom. The van der Waals surface area contributed by atoms with Crippen molar-refractivity contribution in [1.29, 1.82) is 0 Å². The average molecular weight is 284 g/mol. The Kier molecular flexibility index (Phi) is 3.67. The molecule has 3 nitrogen and oxygen atoms in total. The van der Waals surface area contributed by atoms with E-state index in [0.29, 0.717) is 6.61 Å². The summed E-state index contributed by atoms with van der Waals surface area (Å²) in [6.07, 6.45) is 0. The lowest BCUT2D eigenvalue weighted by atomic mass is 10.1. The van der Waals surface area contributed by atoms with Crippen molar-refractivity contribution in [2.75, 3.05) is 0 Å². The van der Waals surface area contributed by atoms with Crippen molar-refractivity contribution in [1.82, 2.24) is 4.98 Å². The molecule has 3 rings (SSSR count). The molecule has 20 heavy (non-hydrogen) atoms. The van der Waals surface area contributed by atoms with Gasteiger partial charge in [-0.3, -0.25) is 0 Å². The first-order valence-corrected chi connectivity index (χ1v) is 7.37. The maximum absolute atomic E-state index is 5.88. The molecule has 0 amide bonds. The molecule has 0 spiro atoms. The fourth-order valence-corrected chi connectivity index (χ4v) is 2.89. The highest BCUT2D eigenvalue weighted by Crippen LogP contribution is 2.23. The van der Waals surface area contributed by atoms with Gasteiger partial charge in [-0.15, -0.1) is 11.3 Å². The Bertz CT molecular complexity index is 688. The molecule has 1 atom stereocenters. The lowest BCUT2D eigenvalue weighted by Crippen LogP contribution is -2.05.